The third-order valence-corrected chi connectivity index (χ3v) is 3.64. The van der Waals surface area contributed by atoms with E-state index in [-0.39, 0.29) is 0 Å². The summed E-state index contributed by atoms with van der Waals surface area (Å²) in [4.78, 5) is 15.1. The highest BCUT2D eigenvalue weighted by atomic mass is 15.2. The Labute approximate surface area is 113 Å². The van der Waals surface area contributed by atoms with Crippen LogP contribution in [0.25, 0.3) is 0 Å². The van der Waals surface area contributed by atoms with Crippen LogP contribution in [0.15, 0.2) is 43.1 Å². The molecule has 2 aromatic heterocycles. The van der Waals surface area contributed by atoms with Crippen molar-refractivity contribution in [2.24, 2.45) is 5.92 Å². The van der Waals surface area contributed by atoms with Crippen LogP contribution in [0.5, 0.6) is 0 Å². The van der Waals surface area contributed by atoms with Crippen molar-refractivity contribution >= 4 is 5.82 Å². The smallest absolute Gasteiger partial charge is 0.147 e. The van der Waals surface area contributed by atoms with Gasteiger partial charge in [-0.1, -0.05) is 6.07 Å². The van der Waals surface area contributed by atoms with Gasteiger partial charge in [0.1, 0.15) is 5.82 Å². The number of aromatic nitrogens is 3. The highest BCUT2D eigenvalue weighted by molar-refractivity contribution is 5.35. The fourth-order valence-corrected chi connectivity index (χ4v) is 2.75. The van der Waals surface area contributed by atoms with Gasteiger partial charge in [-0.3, -0.25) is 9.97 Å². The monoisotopic (exact) mass is 254 g/mol. The van der Waals surface area contributed by atoms with Gasteiger partial charge >= 0.3 is 0 Å². The quantitative estimate of drug-likeness (QED) is 0.843. The molecule has 19 heavy (non-hydrogen) atoms. The van der Waals surface area contributed by atoms with E-state index in [9.17, 15) is 0 Å². The first kappa shape index (κ1) is 12.1. The van der Waals surface area contributed by atoms with Crippen LogP contribution in [0, 0.1) is 5.92 Å². The number of nitrogens with zero attached hydrogens (tertiary/aromatic N) is 4. The molecule has 1 aliphatic rings. The molecule has 2 aromatic rings. The molecule has 4 heteroatoms. The van der Waals surface area contributed by atoms with Gasteiger partial charge in [-0.05, 0) is 36.8 Å². The van der Waals surface area contributed by atoms with E-state index in [1.807, 2.05) is 24.7 Å². The average Bonchev–Trinajstić information content (AvgIpc) is 2.49. The van der Waals surface area contributed by atoms with Gasteiger partial charge in [-0.2, -0.15) is 0 Å². The van der Waals surface area contributed by atoms with Crippen molar-refractivity contribution in [1.82, 2.24) is 15.0 Å². The number of anilines is 1. The molecule has 1 saturated heterocycles. The lowest BCUT2D eigenvalue weighted by molar-refractivity contribution is 0.411. The minimum atomic E-state index is 0.681. The number of piperidine rings is 1. The molecule has 0 saturated carbocycles. The van der Waals surface area contributed by atoms with Gasteiger partial charge in [0, 0.05) is 37.9 Å². The fourth-order valence-electron chi connectivity index (χ4n) is 2.75. The summed E-state index contributed by atoms with van der Waals surface area (Å²) in [6.07, 6.45) is 12.8. The van der Waals surface area contributed by atoms with Crippen LogP contribution in [0.1, 0.15) is 18.4 Å². The molecular weight excluding hydrogens is 236 g/mol. The summed E-state index contributed by atoms with van der Waals surface area (Å²) >= 11 is 0. The lowest BCUT2D eigenvalue weighted by Gasteiger charge is -2.33. The molecule has 1 atom stereocenters. The summed E-state index contributed by atoms with van der Waals surface area (Å²) in [6.45, 7) is 2.15. The molecule has 0 spiro atoms. The zero-order valence-corrected chi connectivity index (χ0v) is 10.9. The highest BCUT2D eigenvalue weighted by Gasteiger charge is 2.21. The van der Waals surface area contributed by atoms with Crippen LogP contribution in [0.4, 0.5) is 5.82 Å². The Kier molecular flexibility index (Phi) is 3.68. The van der Waals surface area contributed by atoms with Crippen LogP contribution in [0.2, 0.25) is 0 Å². The maximum absolute atomic E-state index is 4.39. The summed E-state index contributed by atoms with van der Waals surface area (Å²) in [7, 11) is 0. The SMILES string of the molecule is c1cncc(CC2CCCN(c3cnccn3)C2)c1. The maximum Gasteiger partial charge on any atom is 0.147 e. The molecule has 0 aromatic carbocycles. The van der Waals surface area contributed by atoms with Crippen molar-refractivity contribution in [3.05, 3.63) is 48.7 Å². The van der Waals surface area contributed by atoms with E-state index in [0.717, 1.165) is 25.3 Å². The van der Waals surface area contributed by atoms with E-state index < -0.39 is 0 Å². The first-order chi connectivity index (χ1) is 9.42. The number of hydrogen-bond donors (Lipinski definition) is 0. The lowest BCUT2D eigenvalue weighted by Crippen LogP contribution is -2.36. The topological polar surface area (TPSA) is 41.9 Å². The van der Waals surface area contributed by atoms with Crippen LogP contribution in [-0.4, -0.2) is 28.0 Å². The highest BCUT2D eigenvalue weighted by Crippen LogP contribution is 2.23. The predicted octanol–water partition coefficient (Wildman–Crippen LogP) is 2.33. The Bertz CT molecular complexity index is 500. The van der Waals surface area contributed by atoms with Gasteiger partial charge in [0.15, 0.2) is 0 Å². The van der Waals surface area contributed by atoms with Crippen molar-refractivity contribution in [3.63, 3.8) is 0 Å². The molecule has 1 fully saturated rings. The van der Waals surface area contributed by atoms with E-state index in [1.54, 1.807) is 12.4 Å². The molecule has 0 aliphatic carbocycles. The van der Waals surface area contributed by atoms with Crippen molar-refractivity contribution in [2.75, 3.05) is 18.0 Å². The minimum Gasteiger partial charge on any atom is -0.355 e. The summed E-state index contributed by atoms with van der Waals surface area (Å²) < 4.78 is 0. The third-order valence-electron chi connectivity index (χ3n) is 3.64. The van der Waals surface area contributed by atoms with Gasteiger partial charge < -0.3 is 4.90 Å². The van der Waals surface area contributed by atoms with Crippen LogP contribution in [-0.2, 0) is 6.42 Å². The zero-order chi connectivity index (χ0) is 12.9. The Balaban J connectivity index is 1.65. The zero-order valence-electron chi connectivity index (χ0n) is 10.9. The molecule has 3 heterocycles. The van der Waals surface area contributed by atoms with Gasteiger partial charge in [0.25, 0.3) is 0 Å². The summed E-state index contributed by atoms with van der Waals surface area (Å²) in [5.41, 5.74) is 1.33. The van der Waals surface area contributed by atoms with Gasteiger partial charge in [0.05, 0.1) is 6.20 Å². The Hall–Kier alpha value is -1.97. The maximum atomic E-state index is 4.39. The van der Waals surface area contributed by atoms with E-state index in [1.165, 1.54) is 18.4 Å². The molecule has 1 unspecified atom stereocenters. The largest absolute Gasteiger partial charge is 0.355 e. The van der Waals surface area contributed by atoms with Crippen LogP contribution < -0.4 is 4.90 Å². The predicted molar refractivity (Wildman–Crippen MR) is 74.9 cm³/mol. The van der Waals surface area contributed by atoms with Gasteiger partial charge in [-0.25, -0.2) is 4.98 Å². The average molecular weight is 254 g/mol. The van der Waals surface area contributed by atoms with Gasteiger partial charge in [-0.15, -0.1) is 0 Å². The lowest BCUT2D eigenvalue weighted by atomic mass is 9.92. The van der Waals surface area contributed by atoms with E-state index in [4.69, 9.17) is 0 Å². The second kappa shape index (κ2) is 5.78. The molecule has 0 bridgehead atoms. The van der Waals surface area contributed by atoms with Crippen molar-refractivity contribution < 1.29 is 0 Å². The van der Waals surface area contributed by atoms with Crippen molar-refractivity contribution in [2.45, 2.75) is 19.3 Å². The normalized spacial score (nSPS) is 19.4. The van der Waals surface area contributed by atoms with E-state index in [0.29, 0.717) is 5.92 Å². The van der Waals surface area contributed by atoms with Crippen LogP contribution >= 0.6 is 0 Å². The van der Waals surface area contributed by atoms with E-state index in [2.05, 4.69) is 25.9 Å². The molecular formula is C15H18N4. The number of rotatable bonds is 3. The summed E-state index contributed by atoms with van der Waals surface area (Å²) in [5, 5.41) is 0. The molecule has 0 radical (unpaired) electrons. The molecule has 4 nitrogen and oxygen atoms in total. The molecule has 98 valence electrons. The Morgan fingerprint density at radius 1 is 1.16 bits per heavy atom. The minimum absolute atomic E-state index is 0.681. The first-order valence-corrected chi connectivity index (χ1v) is 6.81. The second-order valence-electron chi connectivity index (χ2n) is 5.08. The van der Waals surface area contributed by atoms with Crippen molar-refractivity contribution in [1.29, 1.82) is 0 Å². The van der Waals surface area contributed by atoms with Crippen molar-refractivity contribution in [3.8, 4) is 0 Å². The Morgan fingerprint density at radius 2 is 2.11 bits per heavy atom. The summed E-state index contributed by atoms with van der Waals surface area (Å²) in [5.74, 6) is 1.68. The van der Waals surface area contributed by atoms with E-state index >= 15 is 0 Å². The standard InChI is InChI=1S/C15H18N4/c1-3-13(10-16-5-1)9-14-4-2-8-19(12-14)15-11-17-6-7-18-15/h1,3,5-7,10-11,14H,2,4,8-9,12H2. The third kappa shape index (κ3) is 3.08. The first-order valence-electron chi connectivity index (χ1n) is 6.81. The number of pyridine rings is 1. The number of hydrogen-bond acceptors (Lipinski definition) is 4. The second-order valence-corrected chi connectivity index (χ2v) is 5.08. The molecule has 0 N–H and O–H groups in total. The molecule has 3 rings (SSSR count). The van der Waals surface area contributed by atoms with Crippen LogP contribution in [0.3, 0.4) is 0 Å². The fraction of sp³-hybridized carbons (Fsp3) is 0.400. The van der Waals surface area contributed by atoms with Gasteiger partial charge in [0.2, 0.25) is 0 Å². The Morgan fingerprint density at radius 3 is 2.89 bits per heavy atom. The molecule has 1 aliphatic heterocycles. The molecule has 0 amide bonds. The summed E-state index contributed by atoms with van der Waals surface area (Å²) in [6, 6.07) is 4.17.